The molecule has 0 amide bonds. The van der Waals surface area contributed by atoms with Crippen molar-refractivity contribution in [2.75, 3.05) is 0 Å². The lowest BCUT2D eigenvalue weighted by Gasteiger charge is -2.15. The second-order valence-corrected chi connectivity index (χ2v) is 5.34. The lowest BCUT2D eigenvalue weighted by molar-refractivity contribution is -0.128. The molecule has 0 saturated heterocycles. The molecule has 0 atom stereocenters. The molecule has 1 rings (SSSR count). The van der Waals surface area contributed by atoms with E-state index in [0.717, 1.165) is 0 Å². The fourth-order valence-electron chi connectivity index (χ4n) is 1.23. The Balaban J connectivity index is 2.24. The predicted molar refractivity (Wildman–Crippen MR) is 60.6 cm³/mol. The Hall–Kier alpha value is -0.920. The van der Waals surface area contributed by atoms with Gasteiger partial charge in [-0.3, -0.25) is 9.59 Å². The molecule has 0 bridgehead atoms. The van der Waals surface area contributed by atoms with Crippen molar-refractivity contribution in [3.8, 4) is 0 Å². The third kappa shape index (κ3) is 4.91. The van der Waals surface area contributed by atoms with Crippen LogP contribution in [0, 0.1) is 11.3 Å². The summed E-state index contributed by atoms with van der Waals surface area (Å²) in [5.74, 6) is 0.877. The molecule has 1 aliphatic carbocycles. The van der Waals surface area contributed by atoms with Crippen LogP contribution in [0.1, 0.15) is 46.5 Å². The molecule has 2 nitrogen and oxygen atoms in total. The Morgan fingerprint density at radius 1 is 1.20 bits per heavy atom. The van der Waals surface area contributed by atoms with Crippen molar-refractivity contribution in [2.45, 2.75) is 46.5 Å². The number of carbonyl (C=O) groups is 2. The summed E-state index contributed by atoms with van der Waals surface area (Å²) in [7, 11) is 0. The lowest BCUT2D eigenvalue weighted by Crippen LogP contribution is -2.20. The molecule has 84 valence electrons. The average molecular weight is 208 g/mol. The number of ketones is 2. The van der Waals surface area contributed by atoms with Crippen molar-refractivity contribution in [2.24, 2.45) is 11.3 Å². The number of hydrogen-bond donors (Lipinski definition) is 0. The minimum absolute atomic E-state index is 0.0829. The molecule has 15 heavy (non-hydrogen) atoms. The standard InChI is InChI=1S/C13H20O2/c1-13(2,3)12(15)9-8-11(14)7-6-10-4-5-10/h6-7,10H,4-5,8-9H2,1-3H3/b7-6+. The Morgan fingerprint density at radius 2 is 1.80 bits per heavy atom. The summed E-state index contributed by atoms with van der Waals surface area (Å²) in [4.78, 5) is 22.9. The van der Waals surface area contributed by atoms with Crippen LogP contribution in [-0.2, 0) is 9.59 Å². The first-order chi connectivity index (χ1) is 6.89. The van der Waals surface area contributed by atoms with Crippen LogP contribution in [0.3, 0.4) is 0 Å². The molecule has 0 heterocycles. The molecule has 0 aromatic rings. The predicted octanol–water partition coefficient (Wildman–Crippen LogP) is 2.92. The van der Waals surface area contributed by atoms with E-state index in [1.165, 1.54) is 12.8 Å². The summed E-state index contributed by atoms with van der Waals surface area (Å²) in [6, 6.07) is 0. The van der Waals surface area contributed by atoms with Gasteiger partial charge >= 0.3 is 0 Å². The van der Waals surface area contributed by atoms with E-state index < -0.39 is 0 Å². The second-order valence-electron chi connectivity index (χ2n) is 5.34. The maximum absolute atomic E-state index is 11.5. The van der Waals surface area contributed by atoms with Crippen LogP contribution in [0.5, 0.6) is 0 Å². The first kappa shape index (κ1) is 12.2. The number of allylic oxidation sites excluding steroid dienone is 2. The first-order valence-electron chi connectivity index (χ1n) is 5.64. The number of hydrogen-bond acceptors (Lipinski definition) is 2. The molecule has 0 aromatic carbocycles. The van der Waals surface area contributed by atoms with Crippen molar-refractivity contribution in [3.63, 3.8) is 0 Å². The number of rotatable bonds is 5. The minimum Gasteiger partial charge on any atom is -0.299 e. The van der Waals surface area contributed by atoms with Gasteiger partial charge in [-0.25, -0.2) is 0 Å². The summed E-state index contributed by atoms with van der Waals surface area (Å²) < 4.78 is 0. The van der Waals surface area contributed by atoms with Crippen LogP contribution in [0.15, 0.2) is 12.2 Å². The SMILES string of the molecule is CC(C)(C)C(=O)CCC(=O)/C=C/C1CC1. The highest BCUT2D eigenvalue weighted by atomic mass is 16.1. The van der Waals surface area contributed by atoms with Gasteiger partial charge in [0.2, 0.25) is 0 Å². The third-order valence-corrected chi connectivity index (χ3v) is 2.61. The summed E-state index contributed by atoms with van der Waals surface area (Å²) >= 11 is 0. The van der Waals surface area contributed by atoms with Crippen molar-refractivity contribution in [3.05, 3.63) is 12.2 Å². The maximum Gasteiger partial charge on any atom is 0.155 e. The number of Topliss-reactive ketones (excluding diaryl/α,β-unsaturated/α-hetero) is 1. The van der Waals surface area contributed by atoms with Gasteiger partial charge in [0.15, 0.2) is 5.78 Å². The van der Waals surface area contributed by atoms with E-state index in [1.54, 1.807) is 6.08 Å². The van der Waals surface area contributed by atoms with Gasteiger partial charge in [-0.15, -0.1) is 0 Å². The normalized spacial score (nSPS) is 17.0. The molecule has 0 radical (unpaired) electrons. The monoisotopic (exact) mass is 208 g/mol. The summed E-state index contributed by atoms with van der Waals surface area (Å²) in [6.45, 7) is 5.67. The van der Waals surface area contributed by atoms with E-state index >= 15 is 0 Å². The van der Waals surface area contributed by atoms with Crippen molar-refractivity contribution in [1.29, 1.82) is 0 Å². The first-order valence-corrected chi connectivity index (χ1v) is 5.64. The highest BCUT2D eigenvalue weighted by molar-refractivity contribution is 5.94. The smallest absolute Gasteiger partial charge is 0.155 e. The minimum atomic E-state index is -0.319. The third-order valence-electron chi connectivity index (χ3n) is 2.61. The molecule has 0 N–H and O–H groups in total. The van der Waals surface area contributed by atoms with E-state index in [1.807, 2.05) is 26.8 Å². The molecule has 0 spiro atoms. The Labute approximate surface area is 91.7 Å². The van der Waals surface area contributed by atoms with Gasteiger partial charge in [-0.1, -0.05) is 26.8 Å². The van der Waals surface area contributed by atoms with Crippen LogP contribution in [-0.4, -0.2) is 11.6 Å². The molecule has 0 aromatic heterocycles. The van der Waals surface area contributed by atoms with Gasteiger partial charge in [0, 0.05) is 18.3 Å². The van der Waals surface area contributed by atoms with Crippen molar-refractivity contribution >= 4 is 11.6 Å². The van der Waals surface area contributed by atoms with E-state index in [0.29, 0.717) is 18.8 Å². The topological polar surface area (TPSA) is 34.1 Å². The zero-order chi connectivity index (χ0) is 11.5. The van der Waals surface area contributed by atoms with E-state index in [9.17, 15) is 9.59 Å². The van der Waals surface area contributed by atoms with Gasteiger partial charge < -0.3 is 0 Å². The van der Waals surface area contributed by atoms with Gasteiger partial charge in [-0.2, -0.15) is 0 Å². The largest absolute Gasteiger partial charge is 0.299 e. The Bertz CT molecular complexity index is 277. The molecule has 1 saturated carbocycles. The molecular formula is C13H20O2. The fourth-order valence-corrected chi connectivity index (χ4v) is 1.23. The number of carbonyl (C=O) groups excluding carboxylic acids is 2. The summed E-state index contributed by atoms with van der Waals surface area (Å²) in [5, 5.41) is 0. The van der Waals surface area contributed by atoms with Crippen molar-refractivity contribution < 1.29 is 9.59 Å². The highest BCUT2D eigenvalue weighted by Gasteiger charge is 2.21. The Kier molecular flexibility index (Phi) is 3.83. The molecule has 1 fully saturated rings. The van der Waals surface area contributed by atoms with E-state index in [2.05, 4.69) is 0 Å². The van der Waals surface area contributed by atoms with Crippen LogP contribution in [0.2, 0.25) is 0 Å². The quantitative estimate of drug-likeness (QED) is 0.651. The summed E-state index contributed by atoms with van der Waals surface area (Å²) in [6.07, 6.45) is 6.78. The zero-order valence-electron chi connectivity index (χ0n) is 9.88. The molecule has 0 unspecified atom stereocenters. The van der Waals surface area contributed by atoms with Gasteiger partial charge in [-0.05, 0) is 24.8 Å². The van der Waals surface area contributed by atoms with Gasteiger partial charge in [0.25, 0.3) is 0 Å². The highest BCUT2D eigenvalue weighted by Crippen LogP contribution is 2.30. The van der Waals surface area contributed by atoms with E-state index in [4.69, 9.17) is 0 Å². The van der Waals surface area contributed by atoms with Crippen LogP contribution < -0.4 is 0 Å². The average Bonchev–Trinajstić information content (AvgIpc) is 2.92. The zero-order valence-corrected chi connectivity index (χ0v) is 9.88. The lowest BCUT2D eigenvalue weighted by atomic mass is 9.88. The van der Waals surface area contributed by atoms with Crippen molar-refractivity contribution in [1.82, 2.24) is 0 Å². The Morgan fingerprint density at radius 3 is 2.27 bits per heavy atom. The van der Waals surface area contributed by atoms with Crippen LogP contribution in [0.4, 0.5) is 0 Å². The van der Waals surface area contributed by atoms with Crippen LogP contribution in [0.25, 0.3) is 0 Å². The second kappa shape index (κ2) is 4.73. The summed E-state index contributed by atoms with van der Waals surface area (Å²) in [5.41, 5.74) is -0.319. The molecular weight excluding hydrogens is 188 g/mol. The fraction of sp³-hybridized carbons (Fsp3) is 0.692. The molecule has 2 heteroatoms. The van der Waals surface area contributed by atoms with Gasteiger partial charge in [0.05, 0.1) is 0 Å². The molecule has 1 aliphatic rings. The van der Waals surface area contributed by atoms with Gasteiger partial charge in [0.1, 0.15) is 5.78 Å². The van der Waals surface area contributed by atoms with E-state index in [-0.39, 0.29) is 17.0 Å². The maximum atomic E-state index is 11.5. The molecule has 0 aliphatic heterocycles. The van der Waals surface area contributed by atoms with Crippen LogP contribution >= 0.6 is 0 Å².